The molecule has 4 heteroatoms. The summed E-state index contributed by atoms with van der Waals surface area (Å²) in [6, 6.07) is 5.22. The lowest BCUT2D eigenvalue weighted by atomic mass is 10.0. The molecule has 1 aromatic carbocycles. The quantitative estimate of drug-likeness (QED) is 0.896. The predicted molar refractivity (Wildman–Crippen MR) is 72.0 cm³/mol. The average molecular weight is 247 g/mol. The van der Waals surface area contributed by atoms with Crippen LogP contribution >= 0.6 is 0 Å². The number of hydrogen-bond acceptors (Lipinski definition) is 3. The SMILES string of the molecule is CCC(C)C(C)Nc1ncnc2c(F)cccc12. The Bertz CT molecular complexity index is 542. The highest BCUT2D eigenvalue weighted by Gasteiger charge is 2.13. The van der Waals surface area contributed by atoms with Crippen molar-refractivity contribution in [3.63, 3.8) is 0 Å². The molecule has 0 aliphatic rings. The van der Waals surface area contributed by atoms with Crippen molar-refractivity contribution in [2.24, 2.45) is 5.92 Å². The average Bonchev–Trinajstić information content (AvgIpc) is 2.39. The molecule has 0 bridgehead atoms. The Morgan fingerprint density at radius 2 is 2.06 bits per heavy atom. The van der Waals surface area contributed by atoms with Crippen LogP contribution in [0.5, 0.6) is 0 Å². The lowest BCUT2D eigenvalue weighted by Crippen LogP contribution is -2.24. The summed E-state index contributed by atoms with van der Waals surface area (Å²) in [7, 11) is 0. The van der Waals surface area contributed by atoms with E-state index in [-0.39, 0.29) is 11.9 Å². The Morgan fingerprint density at radius 3 is 2.78 bits per heavy atom. The second-order valence-corrected chi connectivity index (χ2v) is 4.68. The highest BCUT2D eigenvalue weighted by atomic mass is 19.1. The number of hydrogen-bond donors (Lipinski definition) is 1. The molecule has 18 heavy (non-hydrogen) atoms. The fourth-order valence-corrected chi connectivity index (χ4v) is 1.88. The number of anilines is 1. The van der Waals surface area contributed by atoms with Gasteiger partial charge in [-0.2, -0.15) is 0 Å². The second-order valence-electron chi connectivity index (χ2n) is 4.68. The van der Waals surface area contributed by atoms with Crippen molar-refractivity contribution in [1.29, 1.82) is 0 Å². The molecular weight excluding hydrogens is 229 g/mol. The summed E-state index contributed by atoms with van der Waals surface area (Å²) >= 11 is 0. The van der Waals surface area contributed by atoms with Crippen LogP contribution in [0.25, 0.3) is 10.9 Å². The third-order valence-corrected chi connectivity index (χ3v) is 3.48. The monoisotopic (exact) mass is 247 g/mol. The van der Waals surface area contributed by atoms with Gasteiger partial charge in [-0.05, 0) is 25.0 Å². The zero-order valence-electron chi connectivity index (χ0n) is 10.9. The Hall–Kier alpha value is -1.71. The van der Waals surface area contributed by atoms with Crippen LogP contribution in [-0.4, -0.2) is 16.0 Å². The van der Waals surface area contributed by atoms with Gasteiger partial charge in [-0.3, -0.25) is 0 Å². The van der Waals surface area contributed by atoms with Crippen LogP contribution < -0.4 is 5.32 Å². The molecule has 0 saturated carbocycles. The molecule has 96 valence electrons. The normalized spacial score (nSPS) is 14.4. The van der Waals surface area contributed by atoms with Gasteiger partial charge in [0.25, 0.3) is 0 Å². The maximum absolute atomic E-state index is 13.6. The van der Waals surface area contributed by atoms with Crippen molar-refractivity contribution in [2.45, 2.75) is 33.2 Å². The third-order valence-electron chi connectivity index (χ3n) is 3.48. The van der Waals surface area contributed by atoms with E-state index < -0.39 is 0 Å². The Labute approximate surface area is 106 Å². The number of rotatable bonds is 4. The topological polar surface area (TPSA) is 37.8 Å². The lowest BCUT2D eigenvalue weighted by molar-refractivity contribution is 0.494. The van der Waals surface area contributed by atoms with Crippen molar-refractivity contribution in [3.05, 3.63) is 30.3 Å². The van der Waals surface area contributed by atoms with Crippen molar-refractivity contribution in [1.82, 2.24) is 9.97 Å². The molecule has 1 heterocycles. The Balaban J connectivity index is 2.37. The molecule has 3 nitrogen and oxygen atoms in total. The van der Waals surface area contributed by atoms with Gasteiger partial charge < -0.3 is 5.32 Å². The predicted octanol–water partition coefficient (Wildman–Crippen LogP) is 3.62. The van der Waals surface area contributed by atoms with Crippen LogP contribution in [0.3, 0.4) is 0 Å². The van der Waals surface area contributed by atoms with Crippen LogP contribution in [0, 0.1) is 11.7 Å². The molecule has 0 aliphatic carbocycles. The first-order valence-corrected chi connectivity index (χ1v) is 6.29. The van der Waals surface area contributed by atoms with Gasteiger partial charge in [-0.15, -0.1) is 0 Å². The summed E-state index contributed by atoms with van der Waals surface area (Å²) in [5.74, 6) is 0.921. The molecule has 0 aliphatic heterocycles. The minimum atomic E-state index is -0.311. The highest BCUT2D eigenvalue weighted by Crippen LogP contribution is 2.23. The zero-order valence-corrected chi connectivity index (χ0v) is 10.9. The number of aromatic nitrogens is 2. The molecule has 0 radical (unpaired) electrons. The van der Waals surface area contributed by atoms with Gasteiger partial charge in [0.15, 0.2) is 0 Å². The molecule has 2 aromatic rings. The molecule has 0 saturated heterocycles. The maximum atomic E-state index is 13.6. The number of benzene rings is 1. The van der Waals surface area contributed by atoms with E-state index in [1.54, 1.807) is 6.07 Å². The van der Waals surface area contributed by atoms with Crippen LogP contribution in [0.1, 0.15) is 27.2 Å². The first kappa shape index (κ1) is 12.7. The molecule has 0 fully saturated rings. The van der Waals surface area contributed by atoms with E-state index >= 15 is 0 Å². The van der Waals surface area contributed by atoms with E-state index in [1.165, 1.54) is 12.4 Å². The van der Waals surface area contributed by atoms with E-state index in [4.69, 9.17) is 0 Å². The fourth-order valence-electron chi connectivity index (χ4n) is 1.88. The van der Waals surface area contributed by atoms with Crippen molar-refractivity contribution in [2.75, 3.05) is 5.32 Å². The van der Waals surface area contributed by atoms with E-state index in [2.05, 4.69) is 36.1 Å². The van der Waals surface area contributed by atoms with Gasteiger partial charge in [0, 0.05) is 11.4 Å². The van der Waals surface area contributed by atoms with Gasteiger partial charge in [0.05, 0.1) is 0 Å². The fraction of sp³-hybridized carbons (Fsp3) is 0.429. The second kappa shape index (κ2) is 5.29. The van der Waals surface area contributed by atoms with E-state index in [9.17, 15) is 4.39 Å². The smallest absolute Gasteiger partial charge is 0.149 e. The number of para-hydroxylation sites is 1. The summed E-state index contributed by atoms with van der Waals surface area (Å²) < 4.78 is 13.6. The number of nitrogens with zero attached hydrogens (tertiary/aromatic N) is 2. The van der Waals surface area contributed by atoms with E-state index in [0.717, 1.165) is 11.8 Å². The van der Waals surface area contributed by atoms with Gasteiger partial charge in [-0.25, -0.2) is 14.4 Å². The summed E-state index contributed by atoms with van der Waals surface area (Å²) in [6.45, 7) is 6.45. The molecule has 0 spiro atoms. The maximum Gasteiger partial charge on any atom is 0.149 e. The zero-order chi connectivity index (χ0) is 13.1. The van der Waals surface area contributed by atoms with Crippen molar-refractivity contribution in [3.8, 4) is 0 Å². The van der Waals surface area contributed by atoms with Crippen molar-refractivity contribution >= 4 is 16.7 Å². The molecule has 1 N–H and O–H groups in total. The number of halogens is 1. The van der Waals surface area contributed by atoms with Gasteiger partial charge in [-0.1, -0.05) is 26.3 Å². The molecule has 1 aromatic heterocycles. The largest absolute Gasteiger partial charge is 0.367 e. The number of fused-ring (bicyclic) bond motifs is 1. The van der Waals surface area contributed by atoms with Crippen LogP contribution in [-0.2, 0) is 0 Å². The lowest BCUT2D eigenvalue weighted by Gasteiger charge is -2.21. The van der Waals surface area contributed by atoms with E-state index in [1.807, 2.05) is 6.07 Å². The minimum Gasteiger partial charge on any atom is -0.367 e. The Morgan fingerprint density at radius 1 is 1.28 bits per heavy atom. The first-order valence-electron chi connectivity index (χ1n) is 6.29. The van der Waals surface area contributed by atoms with Crippen LogP contribution in [0.4, 0.5) is 10.2 Å². The Kier molecular flexibility index (Phi) is 3.75. The van der Waals surface area contributed by atoms with Gasteiger partial charge >= 0.3 is 0 Å². The molecule has 2 atom stereocenters. The summed E-state index contributed by atoms with van der Waals surface area (Å²) in [5, 5.41) is 4.07. The molecular formula is C14H18FN3. The summed E-state index contributed by atoms with van der Waals surface area (Å²) in [4.78, 5) is 8.20. The van der Waals surface area contributed by atoms with E-state index in [0.29, 0.717) is 17.3 Å². The minimum absolute atomic E-state index is 0.288. The van der Waals surface area contributed by atoms with Crippen LogP contribution in [0.15, 0.2) is 24.5 Å². The first-order chi connectivity index (χ1) is 8.63. The molecule has 0 amide bonds. The summed E-state index contributed by atoms with van der Waals surface area (Å²) in [5.41, 5.74) is 0.367. The standard InChI is InChI=1S/C14H18FN3/c1-4-9(2)10(3)18-14-11-6-5-7-12(15)13(11)16-8-17-14/h5-10H,4H2,1-3H3,(H,16,17,18). The van der Waals surface area contributed by atoms with Gasteiger partial charge in [0.1, 0.15) is 23.5 Å². The van der Waals surface area contributed by atoms with Crippen LogP contribution in [0.2, 0.25) is 0 Å². The summed E-state index contributed by atoms with van der Waals surface area (Å²) in [6.07, 6.45) is 2.49. The highest BCUT2D eigenvalue weighted by molar-refractivity contribution is 5.89. The molecule has 2 unspecified atom stereocenters. The number of nitrogens with one attached hydrogen (secondary N) is 1. The third kappa shape index (κ3) is 2.42. The van der Waals surface area contributed by atoms with Gasteiger partial charge in [0.2, 0.25) is 0 Å². The van der Waals surface area contributed by atoms with Crippen molar-refractivity contribution < 1.29 is 4.39 Å². The molecule has 2 rings (SSSR count).